The van der Waals surface area contributed by atoms with Crippen LogP contribution in [-0.4, -0.2) is 17.6 Å². The van der Waals surface area contributed by atoms with Gasteiger partial charge in [-0.05, 0) is 0 Å². The topological polar surface area (TPSA) is 32.6 Å². The van der Waals surface area contributed by atoms with Crippen LogP contribution in [0.2, 0.25) is 5.82 Å². The van der Waals surface area contributed by atoms with E-state index in [2.05, 4.69) is 21.0 Å². The predicted octanol–water partition coefficient (Wildman–Crippen LogP) is 2.64. The fourth-order valence-corrected chi connectivity index (χ4v) is 2.29. The first-order valence-corrected chi connectivity index (χ1v) is 5.22. The van der Waals surface area contributed by atoms with Crippen molar-refractivity contribution in [3.63, 3.8) is 0 Å². The van der Waals surface area contributed by atoms with Gasteiger partial charge in [0.05, 0.1) is 0 Å². The summed E-state index contributed by atoms with van der Waals surface area (Å²) < 4.78 is 0. The van der Waals surface area contributed by atoms with Crippen LogP contribution in [-0.2, 0) is 0 Å². The summed E-state index contributed by atoms with van der Waals surface area (Å²) >= 11 is 3.48. The van der Waals surface area contributed by atoms with Crippen LogP contribution in [0.1, 0.15) is 25.7 Å². The van der Waals surface area contributed by atoms with Gasteiger partial charge in [-0.2, -0.15) is 0 Å². The van der Waals surface area contributed by atoms with E-state index in [4.69, 9.17) is 5.21 Å². The molecule has 0 amide bonds. The van der Waals surface area contributed by atoms with Gasteiger partial charge in [0.2, 0.25) is 0 Å². The Kier molecular flexibility index (Phi) is 4.12. The second-order valence-corrected chi connectivity index (χ2v) is 3.86. The molecule has 1 fully saturated rings. The van der Waals surface area contributed by atoms with E-state index in [0.29, 0.717) is 5.82 Å². The fraction of sp³-hybridized carbons (Fsp3) is 1.00. The summed E-state index contributed by atoms with van der Waals surface area (Å²) in [6.07, 6.45) is 4.96. The molecule has 2 unspecified atom stereocenters. The Balaban J connectivity index is 2.33. The normalized spacial score (nSPS) is 32.1. The van der Waals surface area contributed by atoms with Gasteiger partial charge in [0.1, 0.15) is 0 Å². The summed E-state index contributed by atoms with van der Waals surface area (Å²) in [5.74, 6) is 1.29. The molecule has 2 atom stereocenters. The van der Waals surface area contributed by atoms with E-state index in [1.807, 2.05) is 0 Å². The Morgan fingerprint density at radius 3 is 3.00 bits per heavy atom. The van der Waals surface area contributed by atoms with Gasteiger partial charge in [0.15, 0.2) is 0 Å². The second kappa shape index (κ2) is 4.91. The van der Waals surface area contributed by atoms with Crippen LogP contribution in [0, 0.1) is 5.92 Å². The van der Waals surface area contributed by atoms with Gasteiger partial charge < -0.3 is 0 Å². The van der Waals surface area contributed by atoms with Crippen molar-refractivity contribution in [2.75, 3.05) is 5.33 Å². The van der Waals surface area contributed by atoms with Gasteiger partial charge in [0.25, 0.3) is 0 Å². The summed E-state index contributed by atoms with van der Waals surface area (Å²) in [4.78, 5) is 0. The SMILES string of the molecule is ON=BC1CCCC(CBr)C1. The molecular formula is C7H13BBrNO. The summed E-state index contributed by atoms with van der Waals surface area (Å²) in [5.41, 5.74) is 0. The summed E-state index contributed by atoms with van der Waals surface area (Å²) in [5, 5.41) is 12.5. The van der Waals surface area contributed by atoms with Crippen molar-refractivity contribution in [1.82, 2.24) is 0 Å². The molecule has 0 heterocycles. The van der Waals surface area contributed by atoms with Gasteiger partial charge in [-0.1, -0.05) is 0 Å². The summed E-state index contributed by atoms with van der Waals surface area (Å²) in [6, 6.07) is 0. The second-order valence-electron chi connectivity index (χ2n) is 3.21. The molecule has 1 aliphatic rings. The van der Waals surface area contributed by atoms with Crippen molar-refractivity contribution in [2.24, 2.45) is 11.0 Å². The van der Waals surface area contributed by atoms with E-state index < -0.39 is 0 Å². The van der Waals surface area contributed by atoms with Gasteiger partial charge in [-0.3, -0.25) is 0 Å². The molecule has 0 aromatic carbocycles. The van der Waals surface area contributed by atoms with Crippen LogP contribution in [0.3, 0.4) is 0 Å². The molecular weight excluding hydrogens is 205 g/mol. The molecule has 0 spiro atoms. The third-order valence-corrected chi connectivity index (χ3v) is 3.23. The third kappa shape index (κ3) is 2.93. The molecule has 2 nitrogen and oxygen atoms in total. The monoisotopic (exact) mass is 217 g/mol. The number of alkyl halides is 1. The number of hydrogen-bond acceptors (Lipinski definition) is 2. The minimum absolute atomic E-state index is 0.510. The van der Waals surface area contributed by atoms with E-state index >= 15 is 0 Å². The molecule has 1 saturated carbocycles. The van der Waals surface area contributed by atoms with Crippen molar-refractivity contribution in [1.29, 1.82) is 0 Å². The van der Waals surface area contributed by atoms with Crippen LogP contribution in [0.4, 0.5) is 0 Å². The van der Waals surface area contributed by atoms with Crippen molar-refractivity contribution in [3.05, 3.63) is 0 Å². The number of hydrogen-bond donors (Lipinski definition) is 1. The van der Waals surface area contributed by atoms with Crippen molar-refractivity contribution in [2.45, 2.75) is 31.5 Å². The van der Waals surface area contributed by atoms with Crippen molar-refractivity contribution in [3.8, 4) is 0 Å². The zero-order valence-electron chi connectivity index (χ0n) is 6.54. The molecule has 4 heteroatoms. The number of rotatable bonds is 2. The molecule has 0 aromatic heterocycles. The first-order valence-electron chi connectivity index (χ1n) is 4.10. The van der Waals surface area contributed by atoms with E-state index in [0.717, 1.165) is 11.2 Å². The maximum absolute atomic E-state index is 8.34. The van der Waals surface area contributed by atoms with E-state index in [1.54, 1.807) is 7.07 Å². The van der Waals surface area contributed by atoms with Crippen LogP contribution >= 0.6 is 15.9 Å². The third-order valence-electron chi connectivity index (χ3n) is 2.32. The maximum atomic E-state index is 8.34. The van der Waals surface area contributed by atoms with Gasteiger partial charge in [-0.15, -0.1) is 0 Å². The van der Waals surface area contributed by atoms with Crippen LogP contribution < -0.4 is 0 Å². The van der Waals surface area contributed by atoms with Crippen LogP contribution in [0.15, 0.2) is 5.06 Å². The molecule has 1 aliphatic carbocycles. The molecule has 1 N–H and O–H groups in total. The first kappa shape index (κ1) is 9.23. The summed E-state index contributed by atoms with van der Waals surface area (Å²) in [7, 11) is 1.68. The average molecular weight is 218 g/mol. The predicted molar refractivity (Wildman–Crippen MR) is 49.5 cm³/mol. The molecule has 0 aromatic rings. The van der Waals surface area contributed by atoms with E-state index in [1.165, 1.54) is 25.7 Å². The van der Waals surface area contributed by atoms with Crippen molar-refractivity contribution < 1.29 is 5.21 Å². The van der Waals surface area contributed by atoms with E-state index in [-0.39, 0.29) is 0 Å². The van der Waals surface area contributed by atoms with Crippen LogP contribution in [0.25, 0.3) is 0 Å². The number of halogens is 1. The zero-order chi connectivity index (χ0) is 8.10. The minimum atomic E-state index is 0.510. The number of nitrogens with zero attached hydrogens (tertiary/aromatic N) is 1. The van der Waals surface area contributed by atoms with Crippen LogP contribution in [0.5, 0.6) is 0 Å². The molecule has 0 bridgehead atoms. The molecule has 62 valence electrons. The zero-order valence-corrected chi connectivity index (χ0v) is 8.13. The molecule has 0 saturated heterocycles. The Labute approximate surface area is 76.4 Å². The Hall–Kier alpha value is 0.145. The Bertz CT molecular complexity index is 142. The average Bonchev–Trinajstić information content (AvgIpc) is 2.06. The van der Waals surface area contributed by atoms with Gasteiger partial charge in [0, 0.05) is 0 Å². The standard InChI is InChI=1S/C7H13BBrNO/c9-5-6-2-1-3-7(4-6)8-10-11/h6-7,11H,1-5H2. The molecule has 0 aliphatic heterocycles. The Morgan fingerprint density at radius 2 is 2.36 bits per heavy atom. The summed E-state index contributed by atoms with van der Waals surface area (Å²) in [6.45, 7) is 0. The molecule has 0 radical (unpaired) electrons. The van der Waals surface area contributed by atoms with E-state index in [9.17, 15) is 0 Å². The van der Waals surface area contributed by atoms with Crippen molar-refractivity contribution >= 4 is 23.0 Å². The van der Waals surface area contributed by atoms with Gasteiger partial charge >= 0.3 is 76.0 Å². The Morgan fingerprint density at radius 1 is 1.55 bits per heavy atom. The molecule has 11 heavy (non-hydrogen) atoms. The first-order chi connectivity index (χ1) is 5.36. The van der Waals surface area contributed by atoms with Gasteiger partial charge in [-0.25, -0.2) is 0 Å². The quantitative estimate of drug-likeness (QED) is 0.431. The fourth-order valence-electron chi connectivity index (χ4n) is 1.70. The molecule has 1 rings (SSSR count).